The fourth-order valence-corrected chi connectivity index (χ4v) is 1.92. The molecule has 0 aromatic heterocycles. The second-order valence-corrected chi connectivity index (χ2v) is 4.99. The number of ether oxygens (including phenoxy) is 1. The number of ketones is 1. The van der Waals surface area contributed by atoms with Crippen molar-refractivity contribution in [3.8, 4) is 5.75 Å². The molecule has 1 aromatic rings. The first-order chi connectivity index (χ1) is 9.06. The van der Waals surface area contributed by atoms with Gasteiger partial charge in [0, 0.05) is 12.3 Å². The van der Waals surface area contributed by atoms with Crippen LogP contribution in [0.15, 0.2) is 18.2 Å². The molecule has 1 rings (SSSR count). The van der Waals surface area contributed by atoms with E-state index in [4.69, 9.17) is 4.74 Å². The fourth-order valence-electron chi connectivity index (χ4n) is 1.92. The Kier molecular flexibility index (Phi) is 6.54. The highest BCUT2D eigenvalue weighted by Gasteiger charge is 2.10. The van der Waals surface area contributed by atoms with Gasteiger partial charge in [0.25, 0.3) is 0 Å². The SMILES string of the molecule is CCOc1cccc(CCCCC(=O)C(C)C)c1F. The lowest BCUT2D eigenvalue weighted by Crippen LogP contribution is -2.06. The molecule has 0 unspecified atom stereocenters. The third kappa shape index (κ3) is 5.01. The third-order valence-electron chi connectivity index (χ3n) is 3.11. The van der Waals surface area contributed by atoms with Crippen molar-refractivity contribution in [1.29, 1.82) is 0 Å². The van der Waals surface area contributed by atoms with Gasteiger partial charge in [0.05, 0.1) is 6.61 Å². The van der Waals surface area contributed by atoms with Crippen LogP contribution in [0, 0.1) is 11.7 Å². The largest absolute Gasteiger partial charge is 0.491 e. The Morgan fingerprint density at radius 2 is 2.05 bits per heavy atom. The molecule has 19 heavy (non-hydrogen) atoms. The summed E-state index contributed by atoms with van der Waals surface area (Å²) in [6.45, 7) is 6.12. The fraction of sp³-hybridized carbons (Fsp3) is 0.562. The van der Waals surface area contributed by atoms with Crippen molar-refractivity contribution in [1.82, 2.24) is 0 Å². The van der Waals surface area contributed by atoms with Crippen molar-refractivity contribution >= 4 is 5.78 Å². The molecule has 3 heteroatoms. The van der Waals surface area contributed by atoms with Gasteiger partial charge in [-0.1, -0.05) is 26.0 Å². The average Bonchev–Trinajstić information content (AvgIpc) is 2.38. The third-order valence-corrected chi connectivity index (χ3v) is 3.11. The van der Waals surface area contributed by atoms with Gasteiger partial charge in [0.1, 0.15) is 5.78 Å². The minimum absolute atomic E-state index is 0.0954. The minimum Gasteiger partial charge on any atom is -0.491 e. The second kappa shape index (κ2) is 7.93. The Labute approximate surface area is 115 Å². The van der Waals surface area contributed by atoms with Gasteiger partial charge in [-0.2, -0.15) is 0 Å². The molecule has 0 heterocycles. The highest BCUT2D eigenvalue weighted by Crippen LogP contribution is 2.22. The lowest BCUT2D eigenvalue weighted by Gasteiger charge is -2.09. The number of hydrogen-bond donors (Lipinski definition) is 0. The minimum atomic E-state index is -0.264. The van der Waals surface area contributed by atoms with E-state index in [1.807, 2.05) is 26.8 Å². The summed E-state index contributed by atoms with van der Waals surface area (Å²) >= 11 is 0. The van der Waals surface area contributed by atoms with Crippen molar-refractivity contribution < 1.29 is 13.9 Å². The molecule has 106 valence electrons. The lowest BCUT2D eigenvalue weighted by atomic mass is 10.0. The van der Waals surface area contributed by atoms with Gasteiger partial charge in [-0.15, -0.1) is 0 Å². The predicted octanol–water partition coefficient (Wildman–Crippen LogP) is 4.16. The van der Waals surface area contributed by atoms with Crippen LogP contribution < -0.4 is 4.74 Å². The van der Waals surface area contributed by atoms with Crippen LogP contribution in [0.25, 0.3) is 0 Å². The van der Waals surface area contributed by atoms with Crippen LogP contribution in [0.3, 0.4) is 0 Å². The highest BCUT2D eigenvalue weighted by molar-refractivity contribution is 5.80. The van der Waals surface area contributed by atoms with Gasteiger partial charge >= 0.3 is 0 Å². The number of carbonyl (C=O) groups is 1. The topological polar surface area (TPSA) is 26.3 Å². The summed E-state index contributed by atoms with van der Waals surface area (Å²) in [7, 11) is 0. The number of hydrogen-bond acceptors (Lipinski definition) is 2. The maximum atomic E-state index is 14.0. The summed E-state index contributed by atoms with van der Waals surface area (Å²) in [6, 6.07) is 5.23. The molecule has 0 fully saturated rings. The first-order valence-corrected chi connectivity index (χ1v) is 6.99. The first kappa shape index (κ1) is 15.7. The number of Topliss-reactive ketones (excluding diaryl/α,β-unsaturated/α-hetero) is 1. The van der Waals surface area contributed by atoms with E-state index < -0.39 is 0 Å². The Morgan fingerprint density at radius 1 is 1.32 bits per heavy atom. The number of benzene rings is 1. The second-order valence-electron chi connectivity index (χ2n) is 4.99. The van der Waals surface area contributed by atoms with E-state index in [1.54, 1.807) is 12.1 Å². The Hall–Kier alpha value is -1.38. The monoisotopic (exact) mass is 266 g/mol. The molecule has 0 amide bonds. The van der Waals surface area contributed by atoms with Crippen LogP contribution in [0.5, 0.6) is 5.75 Å². The van der Waals surface area contributed by atoms with E-state index in [9.17, 15) is 9.18 Å². The van der Waals surface area contributed by atoms with E-state index in [1.165, 1.54) is 0 Å². The van der Waals surface area contributed by atoms with E-state index in [-0.39, 0.29) is 17.5 Å². The molecule has 2 nitrogen and oxygen atoms in total. The molecule has 0 saturated carbocycles. The molecule has 0 aliphatic carbocycles. The standard InChI is InChI=1S/C16H23FO2/c1-4-19-15-11-7-9-13(16(15)17)8-5-6-10-14(18)12(2)3/h7,9,11-12H,4-6,8,10H2,1-3H3. The first-order valence-electron chi connectivity index (χ1n) is 6.99. The highest BCUT2D eigenvalue weighted by atomic mass is 19.1. The Morgan fingerprint density at radius 3 is 2.68 bits per heavy atom. The molecule has 0 aliphatic heterocycles. The number of aryl methyl sites for hydroxylation is 1. The summed E-state index contributed by atoms with van der Waals surface area (Å²) in [6.07, 6.45) is 2.88. The van der Waals surface area contributed by atoms with Crippen LogP contribution in [0.1, 0.15) is 45.6 Å². The summed E-state index contributed by atoms with van der Waals surface area (Å²) < 4.78 is 19.2. The summed E-state index contributed by atoms with van der Waals surface area (Å²) in [5.41, 5.74) is 0.669. The number of rotatable bonds is 8. The average molecular weight is 266 g/mol. The van der Waals surface area contributed by atoms with Crippen molar-refractivity contribution in [2.45, 2.75) is 46.5 Å². The molecule has 0 aliphatic rings. The zero-order valence-electron chi connectivity index (χ0n) is 12.0. The molecule has 1 aromatic carbocycles. The maximum Gasteiger partial charge on any atom is 0.168 e. The molecule has 0 spiro atoms. The van der Waals surface area contributed by atoms with Crippen molar-refractivity contribution in [2.24, 2.45) is 5.92 Å². The van der Waals surface area contributed by atoms with Crippen molar-refractivity contribution in [2.75, 3.05) is 6.61 Å². The zero-order chi connectivity index (χ0) is 14.3. The Balaban J connectivity index is 2.45. The van der Waals surface area contributed by atoms with Crippen LogP contribution in [0.4, 0.5) is 4.39 Å². The summed E-state index contributed by atoms with van der Waals surface area (Å²) in [5, 5.41) is 0. The zero-order valence-corrected chi connectivity index (χ0v) is 12.0. The molecule has 0 bridgehead atoms. The molecule has 0 atom stereocenters. The molecule has 0 saturated heterocycles. The quantitative estimate of drug-likeness (QED) is 0.660. The number of halogens is 1. The normalized spacial score (nSPS) is 10.8. The van der Waals surface area contributed by atoms with Crippen LogP contribution >= 0.6 is 0 Å². The van der Waals surface area contributed by atoms with Gasteiger partial charge in [-0.25, -0.2) is 4.39 Å². The number of carbonyl (C=O) groups excluding carboxylic acids is 1. The van der Waals surface area contributed by atoms with Crippen LogP contribution in [0.2, 0.25) is 0 Å². The smallest absolute Gasteiger partial charge is 0.168 e. The van der Waals surface area contributed by atoms with E-state index >= 15 is 0 Å². The van der Waals surface area contributed by atoms with E-state index in [0.717, 1.165) is 12.8 Å². The van der Waals surface area contributed by atoms with E-state index in [2.05, 4.69) is 0 Å². The molecular weight excluding hydrogens is 243 g/mol. The van der Waals surface area contributed by atoms with Crippen LogP contribution in [-0.4, -0.2) is 12.4 Å². The van der Waals surface area contributed by atoms with Gasteiger partial charge in [-0.3, -0.25) is 4.79 Å². The maximum absolute atomic E-state index is 14.0. The lowest BCUT2D eigenvalue weighted by molar-refractivity contribution is -0.122. The Bertz CT molecular complexity index is 413. The molecular formula is C16H23FO2. The number of unbranched alkanes of at least 4 members (excludes halogenated alkanes) is 1. The molecule has 0 N–H and O–H groups in total. The summed E-state index contributed by atoms with van der Waals surface area (Å²) in [5.74, 6) is 0.430. The van der Waals surface area contributed by atoms with Gasteiger partial charge in [0.2, 0.25) is 0 Å². The predicted molar refractivity (Wildman–Crippen MR) is 75.0 cm³/mol. The van der Waals surface area contributed by atoms with Gasteiger partial charge in [0.15, 0.2) is 11.6 Å². The van der Waals surface area contributed by atoms with Crippen LogP contribution in [-0.2, 0) is 11.2 Å². The van der Waals surface area contributed by atoms with Gasteiger partial charge in [-0.05, 0) is 37.8 Å². The van der Waals surface area contributed by atoms with Gasteiger partial charge < -0.3 is 4.74 Å². The van der Waals surface area contributed by atoms with Crippen molar-refractivity contribution in [3.05, 3.63) is 29.6 Å². The van der Waals surface area contributed by atoms with E-state index in [0.29, 0.717) is 30.8 Å². The van der Waals surface area contributed by atoms with Crippen molar-refractivity contribution in [3.63, 3.8) is 0 Å². The summed E-state index contributed by atoms with van der Waals surface area (Å²) in [4.78, 5) is 11.5. The molecule has 0 radical (unpaired) electrons.